The predicted molar refractivity (Wildman–Crippen MR) is 76.2 cm³/mol. The summed E-state index contributed by atoms with van der Waals surface area (Å²) in [4.78, 5) is 13.8. The number of benzene rings is 1. The molecule has 0 saturated heterocycles. The first-order valence-electron chi connectivity index (χ1n) is 6.37. The molecular weight excluding hydrogens is 222 g/mol. The van der Waals surface area contributed by atoms with Gasteiger partial charge >= 0.3 is 0 Å². The fraction of sp³-hybridized carbons (Fsp3) is 0.312. The van der Waals surface area contributed by atoms with Gasteiger partial charge in [0.15, 0.2) is 0 Å². The molecule has 0 aliphatic heterocycles. The molecule has 0 bridgehead atoms. The van der Waals surface area contributed by atoms with E-state index in [4.69, 9.17) is 0 Å². The molecule has 94 valence electrons. The lowest BCUT2D eigenvalue weighted by Gasteiger charge is -2.26. The summed E-state index contributed by atoms with van der Waals surface area (Å²) in [6, 6.07) is 7.88. The van der Waals surface area contributed by atoms with Crippen molar-refractivity contribution >= 4 is 17.7 Å². The van der Waals surface area contributed by atoms with Crippen molar-refractivity contribution in [1.82, 2.24) is 0 Å². The Balaban J connectivity index is 2.47. The zero-order valence-corrected chi connectivity index (χ0v) is 11.0. The number of hydrogen-bond acceptors (Lipinski definition) is 1. The molecule has 0 heterocycles. The van der Waals surface area contributed by atoms with Gasteiger partial charge in [-0.05, 0) is 37.3 Å². The molecule has 2 rings (SSSR count). The van der Waals surface area contributed by atoms with Gasteiger partial charge in [0.2, 0.25) is 5.91 Å². The molecule has 0 N–H and O–H groups in total. The number of allylic oxidation sites excluding steroid dienone is 2. The minimum absolute atomic E-state index is 0.0595. The molecule has 1 aliphatic carbocycles. The van der Waals surface area contributed by atoms with Gasteiger partial charge in [-0.3, -0.25) is 9.69 Å². The van der Waals surface area contributed by atoms with E-state index in [-0.39, 0.29) is 5.91 Å². The molecular formula is C16H19NO. The topological polar surface area (TPSA) is 20.3 Å². The molecule has 1 saturated carbocycles. The molecule has 1 aliphatic rings. The quantitative estimate of drug-likeness (QED) is 0.780. The number of rotatable bonds is 4. The largest absolute Gasteiger partial charge is 0.285 e. The number of para-hydroxylation sites is 1. The SMILES string of the molecule is C=Cc1ccccc1N(C(C)=O)/C(=C/C)C1CC1. The first-order chi connectivity index (χ1) is 8.69. The van der Waals surface area contributed by atoms with Gasteiger partial charge in [0, 0.05) is 12.6 Å². The smallest absolute Gasteiger partial charge is 0.228 e. The maximum absolute atomic E-state index is 12.0. The molecule has 1 fully saturated rings. The summed E-state index contributed by atoms with van der Waals surface area (Å²) in [5, 5.41) is 0. The van der Waals surface area contributed by atoms with Crippen LogP contribution >= 0.6 is 0 Å². The summed E-state index contributed by atoms with van der Waals surface area (Å²) >= 11 is 0. The van der Waals surface area contributed by atoms with Crippen LogP contribution in [-0.2, 0) is 4.79 Å². The van der Waals surface area contributed by atoms with Crippen LogP contribution in [0.3, 0.4) is 0 Å². The average Bonchev–Trinajstić information content (AvgIpc) is 3.19. The van der Waals surface area contributed by atoms with Gasteiger partial charge in [-0.15, -0.1) is 0 Å². The molecule has 0 atom stereocenters. The predicted octanol–water partition coefficient (Wildman–Crippen LogP) is 4.00. The van der Waals surface area contributed by atoms with Crippen LogP contribution in [0.25, 0.3) is 6.08 Å². The highest BCUT2D eigenvalue weighted by Crippen LogP contribution is 2.40. The van der Waals surface area contributed by atoms with E-state index in [1.807, 2.05) is 36.1 Å². The second-order valence-corrected chi connectivity index (χ2v) is 4.61. The third-order valence-electron chi connectivity index (χ3n) is 3.26. The number of nitrogens with zero attached hydrogens (tertiary/aromatic N) is 1. The van der Waals surface area contributed by atoms with Gasteiger partial charge in [0.1, 0.15) is 0 Å². The summed E-state index contributed by atoms with van der Waals surface area (Å²) in [6.45, 7) is 7.44. The Morgan fingerprint density at radius 1 is 1.39 bits per heavy atom. The Morgan fingerprint density at radius 3 is 2.56 bits per heavy atom. The van der Waals surface area contributed by atoms with Crippen LogP contribution in [0.15, 0.2) is 42.6 Å². The second kappa shape index (κ2) is 5.21. The Labute approximate surface area is 109 Å². The molecule has 1 aromatic carbocycles. The van der Waals surface area contributed by atoms with Gasteiger partial charge in [-0.25, -0.2) is 0 Å². The van der Waals surface area contributed by atoms with Crippen molar-refractivity contribution in [1.29, 1.82) is 0 Å². The van der Waals surface area contributed by atoms with Gasteiger partial charge in [-0.1, -0.05) is 36.9 Å². The third-order valence-corrected chi connectivity index (χ3v) is 3.26. The van der Waals surface area contributed by atoms with Crippen LogP contribution in [0.2, 0.25) is 0 Å². The first-order valence-corrected chi connectivity index (χ1v) is 6.37. The van der Waals surface area contributed by atoms with Crippen molar-refractivity contribution in [2.75, 3.05) is 4.90 Å². The van der Waals surface area contributed by atoms with Gasteiger partial charge in [-0.2, -0.15) is 0 Å². The zero-order valence-electron chi connectivity index (χ0n) is 11.0. The molecule has 0 radical (unpaired) electrons. The second-order valence-electron chi connectivity index (χ2n) is 4.61. The van der Waals surface area contributed by atoms with Gasteiger partial charge in [0.25, 0.3) is 0 Å². The minimum atomic E-state index is 0.0595. The molecule has 1 aromatic rings. The fourth-order valence-electron chi connectivity index (χ4n) is 2.28. The number of carbonyl (C=O) groups is 1. The van der Waals surface area contributed by atoms with Crippen molar-refractivity contribution in [3.63, 3.8) is 0 Å². The van der Waals surface area contributed by atoms with E-state index in [0.717, 1.165) is 16.9 Å². The summed E-state index contributed by atoms with van der Waals surface area (Å²) < 4.78 is 0. The summed E-state index contributed by atoms with van der Waals surface area (Å²) in [6.07, 6.45) is 6.21. The highest BCUT2D eigenvalue weighted by atomic mass is 16.2. The third kappa shape index (κ3) is 2.37. The highest BCUT2D eigenvalue weighted by Gasteiger charge is 2.32. The van der Waals surface area contributed by atoms with E-state index in [1.165, 1.54) is 12.8 Å². The molecule has 1 amide bonds. The van der Waals surface area contributed by atoms with Crippen LogP contribution in [0.4, 0.5) is 5.69 Å². The van der Waals surface area contributed by atoms with Crippen LogP contribution < -0.4 is 4.90 Å². The monoisotopic (exact) mass is 241 g/mol. The molecule has 2 nitrogen and oxygen atoms in total. The number of amides is 1. The molecule has 0 spiro atoms. The standard InChI is InChI=1S/C16H19NO/c1-4-13-8-6-7-9-16(13)17(12(3)18)15(5-2)14-10-11-14/h4-9,14H,1,10-11H2,2-3H3/b15-5+. The summed E-state index contributed by atoms with van der Waals surface area (Å²) in [5.74, 6) is 0.598. The fourth-order valence-corrected chi connectivity index (χ4v) is 2.28. The lowest BCUT2D eigenvalue weighted by molar-refractivity contribution is -0.116. The average molecular weight is 241 g/mol. The van der Waals surface area contributed by atoms with Crippen molar-refractivity contribution in [3.8, 4) is 0 Å². The molecule has 0 unspecified atom stereocenters. The van der Waals surface area contributed by atoms with E-state index in [0.29, 0.717) is 5.92 Å². The van der Waals surface area contributed by atoms with Crippen LogP contribution in [0.1, 0.15) is 32.3 Å². The van der Waals surface area contributed by atoms with Crippen molar-refractivity contribution in [3.05, 3.63) is 48.2 Å². The lowest BCUT2D eigenvalue weighted by atomic mass is 10.1. The molecule has 18 heavy (non-hydrogen) atoms. The number of anilines is 1. The van der Waals surface area contributed by atoms with E-state index >= 15 is 0 Å². The number of hydrogen-bond donors (Lipinski definition) is 0. The van der Waals surface area contributed by atoms with Crippen LogP contribution in [0, 0.1) is 5.92 Å². The van der Waals surface area contributed by atoms with Crippen molar-refractivity contribution < 1.29 is 4.79 Å². The van der Waals surface area contributed by atoms with E-state index in [9.17, 15) is 4.79 Å². The van der Waals surface area contributed by atoms with Crippen molar-refractivity contribution in [2.24, 2.45) is 5.92 Å². The van der Waals surface area contributed by atoms with Crippen LogP contribution in [-0.4, -0.2) is 5.91 Å². The Kier molecular flexibility index (Phi) is 3.66. The normalized spacial score (nSPS) is 15.3. The summed E-state index contributed by atoms with van der Waals surface area (Å²) in [7, 11) is 0. The van der Waals surface area contributed by atoms with Gasteiger partial charge in [0.05, 0.1) is 5.69 Å². The maximum atomic E-state index is 12.0. The lowest BCUT2D eigenvalue weighted by Crippen LogP contribution is -2.29. The Bertz CT molecular complexity index is 498. The molecule has 2 heteroatoms. The minimum Gasteiger partial charge on any atom is -0.285 e. The Hall–Kier alpha value is -1.83. The maximum Gasteiger partial charge on any atom is 0.228 e. The molecule has 0 aromatic heterocycles. The van der Waals surface area contributed by atoms with E-state index in [2.05, 4.69) is 12.7 Å². The van der Waals surface area contributed by atoms with Crippen molar-refractivity contribution in [2.45, 2.75) is 26.7 Å². The first kappa shape index (κ1) is 12.6. The van der Waals surface area contributed by atoms with E-state index < -0.39 is 0 Å². The Morgan fingerprint density at radius 2 is 2.06 bits per heavy atom. The summed E-state index contributed by atoms with van der Waals surface area (Å²) in [5.41, 5.74) is 3.05. The number of carbonyl (C=O) groups excluding carboxylic acids is 1. The van der Waals surface area contributed by atoms with E-state index in [1.54, 1.807) is 13.0 Å². The van der Waals surface area contributed by atoms with Crippen LogP contribution in [0.5, 0.6) is 0 Å². The van der Waals surface area contributed by atoms with Gasteiger partial charge < -0.3 is 0 Å². The highest BCUT2D eigenvalue weighted by molar-refractivity contribution is 5.97. The zero-order chi connectivity index (χ0) is 13.1.